The number of aromatic nitrogens is 1. The molecule has 0 saturated carbocycles. The van der Waals surface area contributed by atoms with Crippen LogP contribution >= 0.6 is 0 Å². The summed E-state index contributed by atoms with van der Waals surface area (Å²) in [7, 11) is 0. The zero-order chi connectivity index (χ0) is 15.6. The van der Waals surface area contributed by atoms with Gasteiger partial charge in [0.25, 0.3) is 5.91 Å². The number of hydrogen-bond acceptors (Lipinski definition) is 2. The molecule has 1 heterocycles. The second-order valence-corrected chi connectivity index (χ2v) is 5.77. The number of fused-ring (bicyclic) bond motifs is 1. The van der Waals surface area contributed by atoms with E-state index >= 15 is 0 Å². The van der Waals surface area contributed by atoms with E-state index in [0.717, 1.165) is 23.0 Å². The maximum Gasteiger partial charge on any atom is 0.253 e. The molecule has 1 aromatic carbocycles. The van der Waals surface area contributed by atoms with E-state index in [2.05, 4.69) is 10.3 Å². The maximum atomic E-state index is 12.4. The Hall–Kier alpha value is -1.81. The van der Waals surface area contributed by atoms with Crippen LogP contribution in [0.1, 0.15) is 41.9 Å². The Labute approximate surface area is 125 Å². The number of rotatable bonds is 5. The molecule has 0 radical (unpaired) electrons. The summed E-state index contributed by atoms with van der Waals surface area (Å²) in [6.07, 6.45) is 0.382. The van der Waals surface area contributed by atoms with Crippen molar-refractivity contribution in [3.63, 3.8) is 0 Å². The highest BCUT2D eigenvalue weighted by molar-refractivity contribution is 6.06. The Balaban J connectivity index is 2.18. The van der Waals surface area contributed by atoms with Gasteiger partial charge in [-0.25, -0.2) is 0 Å². The number of para-hydroxylation sites is 1. The quantitative estimate of drug-likeness (QED) is 0.792. The average molecular weight is 288 g/mol. The second kappa shape index (κ2) is 6.31. The van der Waals surface area contributed by atoms with Gasteiger partial charge in [-0.15, -0.1) is 0 Å². The lowest BCUT2D eigenvalue weighted by Crippen LogP contribution is -2.35. The van der Waals surface area contributed by atoms with E-state index < -0.39 is 6.10 Å². The zero-order valence-electron chi connectivity index (χ0n) is 13.2. The number of nitrogens with one attached hydrogen (secondary N) is 2. The number of hydrogen-bond donors (Lipinski definition) is 3. The summed E-state index contributed by atoms with van der Waals surface area (Å²) in [6.45, 7) is 8.34. The van der Waals surface area contributed by atoms with Crippen molar-refractivity contribution >= 4 is 16.8 Å². The summed E-state index contributed by atoms with van der Waals surface area (Å²) in [6, 6.07) is 5.71. The number of aryl methyl sites for hydroxylation is 2. The number of aromatic amines is 1. The van der Waals surface area contributed by atoms with Crippen molar-refractivity contribution in [2.24, 2.45) is 5.92 Å². The molecule has 0 bridgehead atoms. The highest BCUT2D eigenvalue weighted by Gasteiger charge is 2.17. The second-order valence-electron chi connectivity index (χ2n) is 5.77. The van der Waals surface area contributed by atoms with Gasteiger partial charge in [0.2, 0.25) is 0 Å². The van der Waals surface area contributed by atoms with Crippen molar-refractivity contribution in [1.82, 2.24) is 10.3 Å². The van der Waals surface area contributed by atoms with Crippen LogP contribution in [0, 0.1) is 19.8 Å². The van der Waals surface area contributed by atoms with Crippen LogP contribution in [-0.2, 0) is 0 Å². The van der Waals surface area contributed by atoms with Crippen LogP contribution in [0.5, 0.6) is 0 Å². The SMILES string of the molecule is CCC(C)C(O)CNC(=O)c1cccc2c(C)c(C)[nH]c12. The molecule has 4 nitrogen and oxygen atoms in total. The Bertz CT molecular complexity index is 646. The van der Waals surface area contributed by atoms with E-state index in [0.29, 0.717) is 5.56 Å². The van der Waals surface area contributed by atoms with E-state index in [9.17, 15) is 9.90 Å². The van der Waals surface area contributed by atoms with E-state index in [1.54, 1.807) is 0 Å². The van der Waals surface area contributed by atoms with E-state index in [4.69, 9.17) is 0 Å². The van der Waals surface area contributed by atoms with Gasteiger partial charge in [-0.2, -0.15) is 0 Å². The molecular weight excluding hydrogens is 264 g/mol. The lowest BCUT2D eigenvalue weighted by atomic mass is 10.0. The largest absolute Gasteiger partial charge is 0.391 e. The van der Waals surface area contributed by atoms with Crippen molar-refractivity contribution in [1.29, 1.82) is 0 Å². The summed E-state index contributed by atoms with van der Waals surface area (Å²) in [5, 5.41) is 13.9. The first-order chi connectivity index (χ1) is 9.95. The topological polar surface area (TPSA) is 65.1 Å². The van der Waals surface area contributed by atoms with Gasteiger partial charge in [0.05, 0.1) is 17.2 Å². The first kappa shape index (κ1) is 15.6. The minimum absolute atomic E-state index is 0.149. The number of carbonyl (C=O) groups is 1. The molecule has 2 unspecified atom stereocenters. The van der Waals surface area contributed by atoms with Crippen LogP contribution in [0.4, 0.5) is 0 Å². The fourth-order valence-corrected chi connectivity index (χ4v) is 2.44. The zero-order valence-corrected chi connectivity index (χ0v) is 13.2. The van der Waals surface area contributed by atoms with Crippen LogP contribution in [0.25, 0.3) is 10.9 Å². The fraction of sp³-hybridized carbons (Fsp3) is 0.471. The highest BCUT2D eigenvalue weighted by Crippen LogP contribution is 2.24. The minimum Gasteiger partial charge on any atom is -0.391 e. The molecule has 0 saturated heterocycles. The number of carbonyl (C=O) groups excluding carboxylic acids is 1. The summed E-state index contributed by atoms with van der Waals surface area (Å²) >= 11 is 0. The molecule has 0 aliphatic carbocycles. The smallest absolute Gasteiger partial charge is 0.253 e. The van der Waals surface area contributed by atoms with E-state index in [1.807, 2.05) is 45.9 Å². The number of H-pyrrole nitrogens is 1. The van der Waals surface area contributed by atoms with Crippen molar-refractivity contribution in [3.05, 3.63) is 35.0 Å². The third kappa shape index (κ3) is 3.10. The first-order valence-electron chi connectivity index (χ1n) is 7.49. The standard InChI is InChI=1S/C17H24N2O2/c1-5-10(2)15(20)9-18-17(21)14-8-6-7-13-11(3)12(4)19-16(13)14/h6-8,10,15,19-20H,5,9H2,1-4H3,(H,18,21). The van der Waals surface area contributed by atoms with Gasteiger partial charge in [-0.1, -0.05) is 32.4 Å². The normalized spacial score (nSPS) is 14.1. The summed E-state index contributed by atoms with van der Waals surface area (Å²) in [5.74, 6) is 0.0280. The molecule has 3 N–H and O–H groups in total. The van der Waals surface area contributed by atoms with Crippen molar-refractivity contribution in [2.45, 2.75) is 40.2 Å². The molecule has 114 valence electrons. The number of aliphatic hydroxyl groups is 1. The van der Waals surface area contributed by atoms with Gasteiger partial charge in [0, 0.05) is 17.6 Å². The lowest BCUT2D eigenvalue weighted by molar-refractivity contribution is 0.0851. The van der Waals surface area contributed by atoms with Gasteiger partial charge in [0.15, 0.2) is 0 Å². The molecule has 21 heavy (non-hydrogen) atoms. The predicted octanol–water partition coefficient (Wildman–Crippen LogP) is 2.92. The minimum atomic E-state index is -0.509. The molecule has 2 aromatic rings. The van der Waals surface area contributed by atoms with Crippen LogP contribution in [0.3, 0.4) is 0 Å². The Morgan fingerprint density at radius 2 is 2.10 bits per heavy atom. The molecule has 4 heteroatoms. The van der Waals surface area contributed by atoms with E-state index in [1.165, 1.54) is 5.56 Å². The number of aliphatic hydroxyl groups excluding tert-OH is 1. The van der Waals surface area contributed by atoms with Crippen molar-refractivity contribution in [3.8, 4) is 0 Å². The van der Waals surface area contributed by atoms with Crippen LogP contribution in [-0.4, -0.2) is 28.6 Å². The molecule has 1 aromatic heterocycles. The molecule has 0 fully saturated rings. The van der Waals surface area contributed by atoms with E-state index in [-0.39, 0.29) is 18.4 Å². The summed E-state index contributed by atoms with van der Waals surface area (Å²) in [5.41, 5.74) is 3.73. The summed E-state index contributed by atoms with van der Waals surface area (Å²) < 4.78 is 0. The number of benzene rings is 1. The fourth-order valence-electron chi connectivity index (χ4n) is 2.44. The average Bonchev–Trinajstić information content (AvgIpc) is 2.78. The predicted molar refractivity (Wildman–Crippen MR) is 85.6 cm³/mol. The van der Waals surface area contributed by atoms with Gasteiger partial charge in [0.1, 0.15) is 0 Å². The van der Waals surface area contributed by atoms with Crippen molar-refractivity contribution in [2.75, 3.05) is 6.54 Å². The third-order valence-corrected chi connectivity index (χ3v) is 4.36. The Morgan fingerprint density at radius 3 is 2.76 bits per heavy atom. The Kier molecular flexibility index (Phi) is 4.68. The third-order valence-electron chi connectivity index (χ3n) is 4.36. The maximum absolute atomic E-state index is 12.4. The highest BCUT2D eigenvalue weighted by atomic mass is 16.3. The van der Waals surface area contributed by atoms with Crippen LogP contribution < -0.4 is 5.32 Å². The molecule has 2 atom stereocenters. The van der Waals surface area contributed by atoms with Crippen LogP contribution in [0.15, 0.2) is 18.2 Å². The monoisotopic (exact) mass is 288 g/mol. The number of amides is 1. The first-order valence-corrected chi connectivity index (χ1v) is 7.49. The van der Waals surface area contributed by atoms with Gasteiger partial charge in [-0.05, 0) is 31.4 Å². The Morgan fingerprint density at radius 1 is 1.38 bits per heavy atom. The van der Waals surface area contributed by atoms with Gasteiger partial charge >= 0.3 is 0 Å². The molecule has 0 aliphatic heterocycles. The molecule has 0 spiro atoms. The molecule has 0 aliphatic rings. The lowest BCUT2D eigenvalue weighted by Gasteiger charge is -2.17. The molecule has 1 amide bonds. The van der Waals surface area contributed by atoms with Crippen molar-refractivity contribution < 1.29 is 9.90 Å². The van der Waals surface area contributed by atoms with Crippen LogP contribution in [0.2, 0.25) is 0 Å². The van der Waals surface area contributed by atoms with Gasteiger partial charge < -0.3 is 15.4 Å². The molecular formula is C17H24N2O2. The summed E-state index contributed by atoms with van der Waals surface area (Å²) in [4.78, 5) is 15.6. The molecule has 2 rings (SSSR count). The van der Waals surface area contributed by atoms with Gasteiger partial charge in [-0.3, -0.25) is 4.79 Å².